The molecule has 0 atom stereocenters. The number of hydrogen-bond acceptors (Lipinski definition) is 6. The quantitative estimate of drug-likeness (QED) is 0.736. The molecule has 0 unspecified atom stereocenters. The standard InChI is InChI=1S/C16H24F2N4O2S/c1-15(2,3)22-9-7-21(8-10-22)13-11-5-6-16(17,18)12(11)19-14(20-13)25(4,23)24/h5-10H2,1-4H3. The highest BCUT2D eigenvalue weighted by Crippen LogP contribution is 2.44. The molecule has 0 radical (unpaired) electrons. The summed E-state index contributed by atoms with van der Waals surface area (Å²) in [5.74, 6) is -2.74. The van der Waals surface area contributed by atoms with Crippen molar-refractivity contribution in [3.8, 4) is 0 Å². The van der Waals surface area contributed by atoms with Crippen molar-refractivity contribution < 1.29 is 17.2 Å². The second-order valence-corrected chi connectivity index (χ2v) is 9.69. The van der Waals surface area contributed by atoms with Crippen LogP contribution in [-0.4, -0.2) is 61.3 Å². The van der Waals surface area contributed by atoms with Crippen LogP contribution in [0.25, 0.3) is 0 Å². The molecule has 3 rings (SSSR count). The van der Waals surface area contributed by atoms with E-state index in [1.54, 1.807) is 0 Å². The van der Waals surface area contributed by atoms with Crippen LogP contribution in [0, 0.1) is 0 Å². The molecule has 2 aliphatic rings. The average molecular weight is 374 g/mol. The summed E-state index contributed by atoms with van der Waals surface area (Å²) in [7, 11) is -3.76. The fraction of sp³-hybridized carbons (Fsp3) is 0.750. The summed E-state index contributed by atoms with van der Waals surface area (Å²) in [6, 6.07) is 0. The van der Waals surface area contributed by atoms with Crippen molar-refractivity contribution in [3.63, 3.8) is 0 Å². The number of nitrogens with zero attached hydrogens (tertiary/aromatic N) is 4. The topological polar surface area (TPSA) is 66.4 Å². The average Bonchev–Trinajstić information content (AvgIpc) is 2.80. The first-order chi connectivity index (χ1) is 11.4. The van der Waals surface area contributed by atoms with Crippen molar-refractivity contribution >= 4 is 15.7 Å². The maximum Gasteiger partial charge on any atom is 0.290 e. The normalized spacial score (nSPS) is 21.4. The number of piperazine rings is 1. The third kappa shape index (κ3) is 3.48. The van der Waals surface area contributed by atoms with Gasteiger partial charge in [-0.2, -0.15) is 8.78 Å². The molecular formula is C16H24F2N4O2S. The van der Waals surface area contributed by atoms with Crippen LogP contribution in [-0.2, 0) is 22.2 Å². The minimum atomic E-state index is -3.76. The van der Waals surface area contributed by atoms with E-state index in [1.165, 1.54) is 0 Å². The second-order valence-electron chi connectivity index (χ2n) is 7.78. The summed E-state index contributed by atoms with van der Waals surface area (Å²) in [5, 5.41) is -0.513. The monoisotopic (exact) mass is 374 g/mol. The first-order valence-corrected chi connectivity index (χ1v) is 10.3. The van der Waals surface area contributed by atoms with E-state index in [9.17, 15) is 17.2 Å². The first-order valence-electron chi connectivity index (χ1n) is 8.39. The van der Waals surface area contributed by atoms with Crippen LogP contribution in [0.1, 0.15) is 38.4 Å². The number of sulfone groups is 1. The Bertz CT molecular complexity index is 782. The van der Waals surface area contributed by atoms with Gasteiger partial charge in [-0.15, -0.1) is 0 Å². The summed E-state index contributed by atoms with van der Waals surface area (Å²) >= 11 is 0. The molecule has 0 amide bonds. The fourth-order valence-electron chi connectivity index (χ4n) is 3.40. The van der Waals surface area contributed by atoms with Gasteiger partial charge in [0.15, 0.2) is 0 Å². The number of aromatic nitrogens is 2. The Morgan fingerprint density at radius 1 is 1.08 bits per heavy atom. The lowest BCUT2D eigenvalue weighted by atomic mass is 10.0. The van der Waals surface area contributed by atoms with E-state index in [1.807, 2.05) is 4.90 Å². The summed E-state index contributed by atoms with van der Waals surface area (Å²) in [6.07, 6.45) is 0.767. The zero-order valence-corrected chi connectivity index (χ0v) is 15.8. The third-order valence-corrected chi connectivity index (χ3v) is 5.71. The largest absolute Gasteiger partial charge is 0.354 e. The lowest BCUT2D eigenvalue weighted by Gasteiger charge is -2.43. The van der Waals surface area contributed by atoms with E-state index in [-0.39, 0.29) is 18.4 Å². The molecule has 1 aromatic rings. The minimum Gasteiger partial charge on any atom is -0.354 e. The highest BCUT2D eigenvalue weighted by Gasteiger charge is 2.44. The fourth-order valence-corrected chi connectivity index (χ4v) is 3.91. The molecule has 0 bridgehead atoms. The Kier molecular flexibility index (Phi) is 4.31. The van der Waals surface area contributed by atoms with E-state index in [2.05, 4.69) is 35.6 Å². The van der Waals surface area contributed by atoms with Crippen LogP contribution in [0.5, 0.6) is 0 Å². The SMILES string of the molecule is CC(C)(C)N1CCN(c2nc(S(C)(=O)=O)nc3c2CCC3(F)F)CC1. The number of alkyl halides is 2. The van der Waals surface area contributed by atoms with Gasteiger partial charge in [0, 0.05) is 50.0 Å². The molecule has 1 fully saturated rings. The molecule has 0 spiro atoms. The Balaban J connectivity index is 1.99. The van der Waals surface area contributed by atoms with Gasteiger partial charge in [-0.3, -0.25) is 4.90 Å². The molecule has 2 heterocycles. The number of halogens is 2. The molecule has 9 heteroatoms. The maximum atomic E-state index is 14.2. The molecule has 25 heavy (non-hydrogen) atoms. The highest BCUT2D eigenvalue weighted by molar-refractivity contribution is 7.90. The highest BCUT2D eigenvalue weighted by atomic mass is 32.2. The van der Waals surface area contributed by atoms with Gasteiger partial charge in [-0.25, -0.2) is 18.4 Å². The van der Waals surface area contributed by atoms with Crippen molar-refractivity contribution in [2.24, 2.45) is 0 Å². The summed E-state index contributed by atoms with van der Waals surface area (Å²) in [5.41, 5.74) is 0.00257. The molecule has 1 saturated heterocycles. The smallest absolute Gasteiger partial charge is 0.290 e. The van der Waals surface area contributed by atoms with Gasteiger partial charge < -0.3 is 4.90 Å². The zero-order chi connectivity index (χ0) is 18.6. The third-order valence-electron chi connectivity index (χ3n) is 4.86. The number of hydrogen-bond donors (Lipinski definition) is 0. The predicted octanol–water partition coefficient (Wildman–Crippen LogP) is 1.84. The lowest BCUT2D eigenvalue weighted by molar-refractivity contribution is -0.00653. The number of anilines is 1. The van der Waals surface area contributed by atoms with Crippen molar-refractivity contribution in [1.82, 2.24) is 14.9 Å². The van der Waals surface area contributed by atoms with Crippen LogP contribution < -0.4 is 4.90 Å². The molecule has 6 nitrogen and oxygen atoms in total. The molecule has 1 aromatic heterocycles. The van der Waals surface area contributed by atoms with Crippen LogP contribution >= 0.6 is 0 Å². The summed E-state index contributed by atoms with van der Waals surface area (Å²) in [6.45, 7) is 9.18. The van der Waals surface area contributed by atoms with Crippen LogP contribution in [0.4, 0.5) is 14.6 Å². The molecule has 1 aliphatic carbocycles. The lowest BCUT2D eigenvalue weighted by Crippen LogP contribution is -2.53. The van der Waals surface area contributed by atoms with Gasteiger partial charge in [-0.05, 0) is 27.2 Å². The van der Waals surface area contributed by atoms with Crippen LogP contribution in [0.3, 0.4) is 0 Å². The first kappa shape index (κ1) is 18.4. The Morgan fingerprint density at radius 2 is 1.68 bits per heavy atom. The van der Waals surface area contributed by atoms with Gasteiger partial charge >= 0.3 is 0 Å². The van der Waals surface area contributed by atoms with Gasteiger partial charge in [0.1, 0.15) is 11.5 Å². The van der Waals surface area contributed by atoms with Gasteiger partial charge in [-0.1, -0.05) is 0 Å². The van der Waals surface area contributed by atoms with E-state index in [0.717, 1.165) is 19.3 Å². The van der Waals surface area contributed by atoms with E-state index < -0.39 is 26.6 Å². The van der Waals surface area contributed by atoms with Gasteiger partial charge in [0.2, 0.25) is 15.0 Å². The molecule has 140 valence electrons. The molecule has 0 aromatic carbocycles. The molecule has 1 aliphatic heterocycles. The maximum absolute atomic E-state index is 14.2. The van der Waals surface area contributed by atoms with Crippen molar-refractivity contribution in [2.45, 2.75) is 50.2 Å². The molecule has 0 N–H and O–H groups in total. The van der Waals surface area contributed by atoms with E-state index in [0.29, 0.717) is 24.5 Å². The summed E-state index contributed by atoms with van der Waals surface area (Å²) < 4.78 is 52.0. The van der Waals surface area contributed by atoms with Crippen molar-refractivity contribution in [2.75, 3.05) is 37.3 Å². The number of rotatable bonds is 2. The van der Waals surface area contributed by atoms with Crippen molar-refractivity contribution in [3.05, 3.63) is 11.3 Å². The van der Waals surface area contributed by atoms with Gasteiger partial charge in [0.25, 0.3) is 5.92 Å². The zero-order valence-electron chi connectivity index (χ0n) is 15.0. The minimum absolute atomic E-state index is 0.0324. The van der Waals surface area contributed by atoms with Crippen LogP contribution in [0.15, 0.2) is 5.16 Å². The predicted molar refractivity (Wildman–Crippen MR) is 90.9 cm³/mol. The Labute approximate surface area is 147 Å². The van der Waals surface area contributed by atoms with Crippen molar-refractivity contribution in [1.29, 1.82) is 0 Å². The Morgan fingerprint density at radius 3 is 2.20 bits per heavy atom. The van der Waals surface area contributed by atoms with Crippen LogP contribution in [0.2, 0.25) is 0 Å². The summed E-state index contributed by atoms with van der Waals surface area (Å²) in [4.78, 5) is 12.1. The van der Waals surface area contributed by atoms with Gasteiger partial charge in [0.05, 0.1) is 0 Å². The molecule has 0 saturated carbocycles. The van der Waals surface area contributed by atoms with E-state index in [4.69, 9.17) is 0 Å². The second kappa shape index (κ2) is 5.84. The van der Waals surface area contributed by atoms with E-state index >= 15 is 0 Å². The Hall–Kier alpha value is -1.35. The number of fused-ring (bicyclic) bond motifs is 1. The molecular weight excluding hydrogens is 350 g/mol.